The number of amides is 1. The SMILES string of the molecule is N#CCOc1ccccc1COc1cccc(C=C2SC(=S)NC2=O)c1. The number of hydrogen-bond acceptors (Lipinski definition) is 6. The largest absolute Gasteiger partial charge is 0.489 e. The average molecular weight is 382 g/mol. The van der Waals surface area contributed by atoms with Gasteiger partial charge in [0.2, 0.25) is 0 Å². The zero-order valence-electron chi connectivity index (χ0n) is 13.6. The van der Waals surface area contributed by atoms with Gasteiger partial charge in [-0.25, -0.2) is 0 Å². The molecule has 2 aromatic rings. The molecule has 2 aromatic carbocycles. The summed E-state index contributed by atoms with van der Waals surface area (Å²) in [6, 6.07) is 16.8. The van der Waals surface area contributed by atoms with Gasteiger partial charge in [-0.05, 0) is 29.8 Å². The van der Waals surface area contributed by atoms with Gasteiger partial charge in [0.1, 0.15) is 28.5 Å². The van der Waals surface area contributed by atoms with Crippen LogP contribution in [0.3, 0.4) is 0 Å². The van der Waals surface area contributed by atoms with Crippen molar-refractivity contribution in [2.75, 3.05) is 6.61 Å². The number of carbonyl (C=O) groups is 1. The molecule has 1 heterocycles. The Bertz CT molecular complexity index is 919. The Morgan fingerprint density at radius 2 is 2.04 bits per heavy atom. The molecule has 1 N–H and O–H groups in total. The van der Waals surface area contributed by atoms with Crippen molar-refractivity contribution in [2.24, 2.45) is 0 Å². The van der Waals surface area contributed by atoms with E-state index in [0.29, 0.717) is 27.3 Å². The van der Waals surface area contributed by atoms with E-state index >= 15 is 0 Å². The van der Waals surface area contributed by atoms with Gasteiger partial charge < -0.3 is 14.8 Å². The molecule has 1 aliphatic heterocycles. The summed E-state index contributed by atoms with van der Waals surface area (Å²) in [5, 5.41) is 11.2. The van der Waals surface area contributed by atoms with Crippen molar-refractivity contribution in [3.05, 3.63) is 64.6 Å². The van der Waals surface area contributed by atoms with Gasteiger partial charge in [0.05, 0.1) is 4.91 Å². The van der Waals surface area contributed by atoms with Crippen LogP contribution >= 0.6 is 24.0 Å². The minimum atomic E-state index is -0.185. The second-order valence-electron chi connectivity index (χ2n) is 5.27. The summed E-state index contributed by atoms with van der Waals surface area (Å²) < 4.78 is 11.7. The number of para-hydroxylation sites is 1. The Hall–Kier alpha value is -2.82. The normalized spacial score (nSPS) is 14.8. The molecule has 0 aliphatic carbocycles. The lowest BCUT2D eigenvalue weighted by molar-refractivity contribution is -0.115. The van der Waals surface area contributed by atoms with E-state index in [4.69, 9.17) is 27.0 Å². The van der Waals surface area contributed by atoms with E-state index in [0.717, 1.165) is 11.1 Å². The second kappa shape index (κ2) is 8.52. The molecule has 1 saturated heterocycles. The van der Waals surface area contributed by atoms with Crippen LogP contribution in [0.4, 0.5) is 0 Å². The van der Waals surface area contributed by atoms with Crippen LogP contribution in [-0.2, 0) is 11.4 Å². The summed E-state index contributed by atoms with van der Waals surface area (Å²) in [5.41, 5.74) is 1.70. The van der Waals surface area contributed by atoms with E-state index in [1.165, 1.54) is 11.8 Å². The average Bonchev–Trinajstić information content (AvgIpc) is 2.96. The molecule has 3 rings (SSSR count). The van der Waals surface area contributed by atoms with E-state index < -0.39 is 0 Å². The first-order valence-electron chi connectivity index (χ1n) is 7.71. The number of nitriles is 1. The third kappa shape index (κ3) is 4.63. The van der Waals surface area contributed by atoms with Gasteiger partial charge in [-0.1, -0.05) is 54.3 Å². The van der Waals surface area contributed by atoms with Gasteiger partial charge in [0.15, 0.2) is 6.61 Å². The molecule has 26 heavy (non-hydrogen) atoms. The summed E-state index contributed by atoms with van der Waals surface area (Å²) in [5.74, 6) is 1.11. The number of rotatable bonds is 6. The van der Waals surface area contributed by atoms with Gasteiger partial charge >= 0.3 is 0 Å². The number of nitrogens with one attached hydrogen (secondary N) is 1. The molecule has 0 unspecified atom stereocenters. The first kappa shape index (κ1) is 18.0. The third-order valence-corrected chi connectivity index (χ3v) is 4.62. The Morgan fingerprint density at radius 3 is 2.81 bits per heavy atom. The zero-order chi connectivity index (χ0) is 18.4. The molecule has 0 aromatic heterocycles. The fourth-order valence-corrected chi connectivity index (χ4v) is 3.35. The molecule has 1 amide bonds. The molecular formula is C19H14N2O3S2. The third-order valence-electron chi connectivity index (χ3n) is 3.46. The lowest BCUT2D eigenvalue weighted by atomic mass is 10.2. The topological polar surface area (TPSA) is 71.3 Å². The molecule has 5 nitrogen and oxygen atoms in total. The fourth-order valence-electron chi connectivity index (χ4n) is 2.30. The number of benzene rings is 2. The first-order valence-corrected chi connectivity index (χ1v) is 8.93. The Balaban J connectivity index is 1.70. The van der Waals surface area contributed by atoms with Crippen LogP contribution in [0.25, 0.3) is 6.08 Å². The van der Waals surface area contributed by atoms with Crippen LogP contribution in [0.5, 0.6) is 11.5 Å². The lowest BCUT2D eigenvalue weighted by Crippen LogP contribution is -2.17. The minimum absolute atomic E-state index is 0.0122. The van der Waals surface area contributed by atoms with Gasteiger partial charge in [-0.15, -0.1) is 0 Å². The van der Waals surface area contributed by atoms with E-state index in [9.17, 15) is 4.79 Å². The molecular weight excluding hydrogens is 368 g/mol. The van der Waals surface area contributed by atoms with Crippen LogP contribution in [-0.4, -0.2) is 16.8 Å². The highest BCUT2D eigenvalue weighted by Crippen LogP contribution is 2.27. The molecule has 0 radical (unpaired) electrons. The maximum Gasteiger partial charge on any atom is 0.263 e. The number of thiocarbonyl (C=S) groups is 1. The van der Waals surface area contributed by atoms with Crippen LogP contribution in [0, 0.1) is 11.3 Å². The van der Waals surface area contributed by atoms with Gasteiger partial charge in [-0.2, -0.15) is 5.26 Å². The summed E-state index contributed by atoms with van der Waals surface area (Å²) in [4.78, 5) is 12.3. The van der Waals surface area contributed by atoms with E-state index in [-0.39, 0.29) is 12.5 Å². The quantitative estimate of drug-likeness (QED) is 0.607. The molecule has 1 aliphatic rings. The number of nitrogens with zero attached hydrogens (tertiary/aromatic N) is 1. The molecule has 0 atom stereocenters. The maximum absolute atomic E-state index is 11.8. The molecule has 0 spiro atoms. The highest BCUT2D eigenvalue weighted by atomic mass is 32.2. The van der Waals surface area contributed by atoms with Crippen LogP contribution in [0.2, 0.25) is 0 Å². The molecule has 130 valence electrons. The zero-order valence-corrected chi connectivity index (χ0v) is 15.2. The van der Waals surface area contributed by atoms with Crippen molar-refractivity contribution >= 4 is 40.3 Å². The van der Waals surface area contributed by atoms with Crippen molar-refractivity contribution in [2.45, 2.75) is 6.61 Å². The number of ether oxygens (including phenoxy) is 2. The lowest BCUT2D eigenvalue weighted by Gasteiger charge is -2.11. The van der Waals surface area contributed by atoms with Crippen LogP contribution in [0.1, 0.15) is 11.1 Å². The Morgan fingerprint density at radius 1 is 1.19 bits per heavy atom. The summed E-state index contributed by atoms with van der Waals surface area (Å²) in [6.45, 7) is 0.294. The molecule has 0 saturated carbocycles. The smallest absolute Gasteiger partial charge is 0.263 e. The number of carbonyl (C=O) groups excluding carboxylic acids is 1. The predicted octanol–water partition coefficient (Wildman–Crippen LogP) is 3.66. The molecule has 0 bridgehead atoms. The minimum Gasteiger partial charge on any atom is -0.489 e. The van der Waals surface area contributed by atoms with Crippen molar-refractivity contribution in [3.8, 4) is 17.6 Å². The molecule has 7 heteroatoms. The van der Waals surface area contributed by atoms with Crippen molar-refractivity contribution in [1.82, 2.24) is 5.32 Å². The second-order valence-corrected chi connectivity index (χ2v) is 6.99. The summed E-state index contributed by atoms with van der Waals surface area (Å²) >= 11 is 6.23. The number of hydrogen-bond donors (Lipinski definition) is 1. The van der Waals surface area contributed by atoms with Crippen LogP contribution in [0.15, 0.2) is 53.4 Å². The molecule has 1 fully saturated rings. The van der Waals surface area contributed by atoms with E-state index in [2.05, 4.69) is 5.32 Å². The van der Waals surface area contributed by atoms with E-state index in [1.807, 2.05) is 48.5 Å². The fraction of sp³-hybridized carbons (Fsp3) is 0.105. The van der Waals surface area contributed by atoms with Gasteiger partial charge in [0.25, 0.3) is 5.91 Å². The van der Waals surface area contributed by atoms with Gasteiger partial charge in [0, 0.05) is 5.56 Å². The standard InChI is InChI=1S/C19H14N2O3S2/c20-8-9-23-16-7-2-1-5-14(16)12-24-15-6-3-4-13(10-15)11-17-18(22)21-19(25)26-17/h1-7,10-11H,9,12H2,(H,21,22,25). The van der Waals surface area contributed by atoms with E-state index in [1.54, 1.807) is 12.1 Å². The monoisotopic (exact) mass is 382 g/mol. The first-order chi connectivity index (χ1) is 12.7. The Labute approximate surface area is 160 Å². The van der Waals surface area contributed by atoms with Crippen LogP contribution < -0.4 is 14.8 Å². The highest BCUT2D eigenvalue weighted by Gasteiger charge is 2.21. The van der Waals surface area contributed by atoms with Crippen molar-refractivity contribution in [3.63, 3.8) is 0 Å². The highest BCUT2D eigenvalue weighted by molar-refractivity contribution is 8.26. The Kier molecular flexibility index (Phi) is 5.89. The maximum atomic E-state index is 11.8. The van der Waals surface area contributed by atoms with Crippen molar-refractivity contribution in [1.29, 1.82) is 5.26 Å². The summed E-state index contributed by atoms with van der Waals surface area (Å²) in [6.07, 6.45) is 1.77. The summed E-state index contributed by atoms with van der Waals surface area (Å²) in [7, 11) is 0. The van der Waals surface area contributed by atoms with Crippen molar-refractivity contribution < 1.29 is 14.3 Å². The van der Waals surface area contributed by atoms with Gasteiger partial charge in [-0.3, -0.25) is 4.79 Å². The predicted molar refractivity (Wildman–Crippen MR) is 105 cm³/mol. The number of thioether (sulfide) groups is 1.